The van der Waals surface area contributed by atoms with Crippen molar-refractivity contribution >= 4 is 14.0 Å². The zero-order valence-corrected chi connectivity index (χ0v) is 8.39. The van der Waals surface area contributed by atoms with Crippen LogP contribution in [0, 0.1) is 0 Å². The third-order valence-electron chi connectivity index (χ3n) is 1.85. The fraction of sp³-hybridized carbons (Fsp3) is 0.857. The van der Waals surface area contributed by atoms with E-state index in [1.54, 1.807) is 0 Å². The minimum atomic E-state index is -1.32. The summed E-state index contributed by atoms with van der Waals surface area (Å²) in [5.41, 5.74) is 0.109. The first-order valence-corrected chi connectivity index (χ1v) is 7.05. The summed E-state index contributed by atoms with van der Waals surface area (Å²) in [7, 11) is 0.124. The van der Waals surface area contributed by atoms with Crippen LogP contribution in [0.3, 0.4) is 0 Å². The number of methoxy groups -OCH3 is 1. The molecule has 3 heteroatoms. The number of hydrogen-bond donors (Lipinski definition) is 0. The van der Waals surface area contributed by atoms with Gasteiger partial charge in [-0.1, -0.05) is 26.6 Å². The number of esters is 1. The van der Waals surface area contributed by atoms with Crippen molar-refractivity contribution in [3.05, 3.63) is 0 Å². The van der Waals surface area contributed by atoms with Crippen LogP contribution in [0.5, 0.6) is 0 Å². The zero-order chi connectivity index (χ0) is 8.36. The molecule has 0 aliphatic rings. The molecule has 0 heterocycles. The van der Waals surface area contributed by atoms with Crippen LogP contribution >= 0.6 is 0 Å². The maximum Gasteiger partial charge on any atom is 0.305 e. The lowest BCUT2D eigenvalue weighted by Gasteiger charge is -2.21. The number of rotatable bonds is 2. The highest BCUT2D eigenvalue weighted by molar-refractivity contribution is 6.80. The molecule has 2 nitrogen and oxygen atoms in total. The van der Waals surface area contributed by atoms with Crippen LogP contribution in [0.2, 0.25) is 25.2 Å². The smallest absolute Gasteiger partial charge is 0.305 e. The molecule has 1 atom stereocenters. The van der Waals surface area contributed by atoms with Gasteiger partial charge in [0, 0.05) is 5.54 Å². The van der Waals surface area contributed by atoms with Gasteiger partial charge in [0.05, 0.1) is 15.2 Å². The van der Waals surface area contributed by atoms with Gasteiger partial charge in [0.1, 0.15) is 0 Å². The maximum atomic E-state index is 11.0. The quantitative estimate of drug-likeness (QED) is 0.455. The van der Waals surface area contributed by atoms with Crippen molar-refractivity contribution in [3.8, 4) is 0 Å². The minimum Gasteiger partial charge on any atom is -0.469 e. The van der Waals surface area contributed by atoms with Crippen molar-refractivity contribution in [2.45, 2.75) is 32.1 Å². The third-order valence-corrected chi connectivity index (χ3v) is 4.69. The summed E-state index contributed by atoms with van der Waals surface area (Å²) in [6.45, 7) is 8.43. The lowest BCUT2D eigenvalue weighted by molar-refractivity contribution is -0.140. The predicted octanol–water partition coefficient (Wildman–Crippen LogP) is 1.89. The van der Waals surface area contributed by atoms with E-state index in [9.17, 15) is 4.79 Å². The molecule has 0 rings (SSSR count). The third kappa shape index (κ3) is 2.52. The van der Waals surface area contributed by atoms with E-state index in [4.69, 9.17) is 0 Å². The van der Waals surface area contributed by atoms with E-state index in [1.807, 2.05) is 6.92 Å². The summed E-state index contributed by atoms with van der Waals surface area (Å²) in [6.07, 6.45) is 0. The Morgan fingerprint density at radius 3 is 1.90 bits per heavy atom. The Bertz CT molecular complexity index is 126. The van der Waals surface area contributed by atoms with E-state index < -0.39 is 8.07 Å². The van der Waals surface area contributed by atoms with Gasteiger partial charge in [0.15, 0.2) is 0 Å². The van der Waals surface area contributed by atoms with E-state index in [0.717, 1.165) is 0 Å². The van der Waals surface area contributed by atoms with E-state index >= 15 is 0 Å². The average Bonchev–Trinajstić information content (AvgIpc) is 1.83. The number of carbonyl (C=O) groups excluding carboxylic acids is 1. The second-order valence-corrected chi connectivity index (χ2v) is 9.21. The van der Waals surface area contributed by atoms with E-state index in [-0.39, 0.29) is 11.5 Å². The van der Waals surface area contributed by atoms with Crippen molar-refractivity contribution in [1.29, 1.82) is 0 Å². The lowest BCUT2D eigenvalue weighted by Crippen LogP contribution is -2.32. The molecule has 0 saturated heterocycles. The van der Waals surface area contributed by atoms with Crippen molar-refractivity contribution in [2.24, 2.45) is 0 Å². The van der Waals surface area contributed by atoms with Crippen molar-refractivity contribution in [3.63, 3.8) is 0 Å². The maximum absolute atomic E-state index is 11.0. The van der Waals surface area contributed by atoms with Crippen LogP contribution in [0.4, 0.5) is 0 Å². The SMILES string of the molecule is COC(=O)[C@@H](C)[Si](C)(C)C. The van der Waals surface area contributed by atoms with Gasteiger partial charge >= 0.3 is 5.97 Å². The highest BCUT2D eigenvalue weighted by atomic mass is 28.3. The van der Waals surface area contributed by atoms with Crippen molar-refractivity contribution < 1.29 is 9.53 Å². The van der Waals surface area contributed by atoms with Gasteiger partial charge in [-0.3, -0.25) is 4.79 Å². The molecule has 0 saturated carbocycles. The molecule has 0 aromatic heterocycles. The predicted molar refractivity (Wildman–Crippen MR) is 44.8 cm³/mol. The molecule has 0 bridgehead atoms. The molecule has 0 aromatic rings. The van der Waals surface area contributed by atoms with Crippen LogP contribution in [0.25, 0.3) is 0 Å². The molecular formula is C7H16O2Si. The van der Waals surface area contributed by atoms with Crippen LogP contribution in [-0.4, -0.2) is 21.2 Å². The highest BCUT2D eigenvalue weighted by Gasteiger charge is 2.28. The monoisotopic (exact) mass is 160 g/mol. The number of hydrogen-bond acceptors (Lipinski definition) is 2. The molecule has 60 valence electrons. The molecular weight excluding hydrogens is 144 g/mol. The second-order valence-electron chi connectivity index (χ2n) is 3.61. The Kier molecular flexibility index (Phi) is 3.09. The summed E-state index contributed by atoms with van der Waals surface area (Å²) in [5.74, 6) is -0.0702. The molecule has 0 fully saturated rings. The second kappa shape index (κ2) is 3.19. The van der Waals surface area contributed by atoms with Gasteiger partial charge < -0.3 is 4.74 Å². The first kappa shape index (κ1) is 9.69. The number of ether oxygens (including phenoxy) is 1. The molecule has 0 aliphatic heterocycles. The lowest BCUT2D eigenvalue weighted by atomic mass is 10.5. The first-order chi connectivity index (χ1) is 4.39. The zero-order valence-electron chi connectivity index (χ0n) is 7.39. The summed E-state index contributed by atoms with van der Waals surface area (Å²) >= 11 is 0. The van der Waals surface area contributed by atoms with Crippen LogP contribution < -0.4 is 0 Å². The summed E-state index contributed by atoms with van der Waals surface area (Å²) in [4.78, 5) is 11.0. The fourth-order valence-electron chi connectivity index (χ4n) is 0.530. The molecule has 0 aliphatic carbocycles. The van der Waals surface area contributed by atoms with Crippen molar-refractivity contribution in [1.82, 2.24) is 0 Å². The highest BCUT2D eigenvalue weighted by Crippen LogP contribution is 2.21. The Morgan fingerprint density at radius 2 is 1.80 bits per heavy atom. The van der Waals surface area contributed by atoms with Crippen LogP contribution in [-0.2, 0) is 9.53 Å². The molecule has 0 amide bonds. The topological polar surface area (TPSA) is 26.3 Å². The minimum absolute atomic E-state index is 0.0702. The standard InChI is InChI=1S/C7H16O2Si/c1-6(7(8)9-2)10(3,4)5/h6H,1-5H3/t6-/m1/s1. The van der Waals surface area contributed by atoms with Gasteiger partial charge in [-0.15, -0.1) is 0 Å². The van der Waals surface area contributed by atoms with E-state index in [0.29, 0.717) is 0 Å². The van der Waals surface area contributed by atoms with Crippen molar-refractivity contribution in [2.75, 3.05) is 7.11 Å². The normalized spacial score (nSPS) is 14.5. The van der Waals surface area contributed by atoms with E-state index in [2.05, 4.69) is 24.4 Å². The molecule has 0 aromatic carbocycles. The summed E-state index contributed by atoms with van der Waals surface area (Å²) < 4.78 is 4.63. The molecule has 0 radical (unpaired) electrons. The Labute approximate surface area is 63.6 Å². The molecule has 0 spiro atoms. The van der Waals surface area contributed by atoms with Gasteiger partial charge in [-0.05, 0) is 0 Å². The Hall–Kier alpha value is -0.313. The summed E-state index contributed by atoms with van der Waals surface area (Å²) in [5, 5.41) is 0. The molecule has 0 N–H and O–H groups in total. The van der Waals surface area contributed by atoms with Gasteiger partial charge in [0.2, 0.25) is 0 Å². The van der Waals surface area contributed by atoms with Gasteiger partial charge in [0.25, 0.3) is 0 Å². The number of carbonyl (C=O) groups is 1. The average molecular weight is 160 g/mol. The van der Waals surface area contributed by atoms with Crippen LogP contribution in [0.15, 0.2) is 0 Å². The Morgan fingerprint density at radius 1 is 1.40 bits per heavy atom. The van der Waals surface area contributed by atoms with E-state index in [1.165, 1.54) is 7.11 Å². The van der Waals surface area contributed by atoms with Gasteiger partial charge in [-0.2, -0.15) is 0 Å². The fourth-order valence-corrected chi connectivity index (χ4v) is 1.36. The van der Waals surface area contributed by atoms with Gasteiger partial charge in [-0.25, -0.2) is 0 Å². The molecule has 0 unspecified atom stereocenters. The first-order valence-electron chi connectivity index (χ1n) is 3.47. The Balaban J connectivity index is 4.08. The van der Waals surface area contributed by atoms with Crippen LogP contribution in [0.1, 0.15) is 6.92 Å². The largest absolute Gasteiger partial charge is 0.469 e. The molecule has 10 heavy (non-hydrogen) atoms. The summed E-state index contributed by atoms with van der Waals surface area (Å²) in [6, 6.07) is 0.